The number of nitrogens with one attached hydrogen (secondary N) is 2. The van der Waals surface area contributed by atoms with Gasteiger partial charge in [0.2, 0.25) is 5.91 Å². The fraction of sp³-hybridized carbons (Fsp3) is 0.364. The minimum absolute atomic E-state index is 0.0580. The maximum absolute atomic E-state index is 11.8. The van der Waals surface area contributed by atoms with Crippen LogP contribution in [0.2, 0.25) is 0 Å². The average Bonchev–Trinajstić information content (AvgIpc) is 2.85. The van der Waals surface area contributed by atoms with Crippen molar-refractivity contribution in [3.05, 3.63) is 32.8 Å². The number of halogens is 1. The van der Waals surface area contributed by atoms with E-state index in [2.05, 4.69) is 26.6 Å². The Labute approximate surface area is 112 Å². The number of rotatable bonds is 3. The lowest BCUT2D eigenvalue weighted by atomic mass is 10.1. The molecule has 0 radical (unpaired) electrons. The molecule has 1 amide bonds. The second-order valence-corrected chi connectivity index (χ2v) is 4.96. The van der Waals surface area contributed by atoms with Gasteiger partial charge in [-0.05, 0) is 41.0 Å². The van der Waals surface area contributed by atoms with Gasteiger partial charge in [0.1, 0.15) is 0 Å². The Morgan fingerprint density at radius 2 is 2.33 bits per heavy atom. The molecule has 1 heterocycles. The lowest BCUT2D eigenvalue weighted by Crippen LogP contribution is -2.24. The highest BCUT2D eigenvalue weighted by molar-refractivity contribution is 9.10. The minimum atomic E-state index is -0.489. The summed E-state index contributed by atoms with van der Waals surface area (Å²) in [5.41, 5.74) is 0.388. The summed E-state index contributed by atoms with van der Waals surface area (Å²) in [7, 11) is 0. The highest BCUT2D eigenvalue weighted by Crippen LogP contribution is 2.28. The maximum Gasteiger partial charge on any atom is 0.285 e. The number of carbonyl (C=O) groups excluding carboxylic acids is 1. The van der Waals surface area contributed by atoms with Crippen LogP contribution in [-0.2, 0) is 4.79 Å². The van der Waals surface area contributed by atoms with E-state index in [-0.39, 0.29) is 17.5 Å². The number of nitro benzene ring substituents is 1. The fourth-order valence-corrected chi connectivity index (χ4v) is 2.24. The number of benzene rings is 1. The van der Waals surface area contributed by atoms with Crippen molar-refractivity contribution in [3.8, 4) is 0 Å². The van der Waals surface area contributed by atoms with Crippen molar-refractivity contribution in [2.24, 2.45) is 5.92 Å². The molecule has 1 unspecified atom stereocenters. The second kappa shape index (κ2) is 5.45. The van der Waals surface area contributed by atoms with Gasteiger partial charge in [0, 0.05) is 18.3 Å². The van der Waals surface area contributed by atoms with E-state index >= 15 is 0 Å². The predicted octanol–water partition coefficient (Wildman–Crippen LogP) is 1.91. The quantitative estimate of drug-likeness (QED) is 0.659. The standard InChI is InChI=1S/C11H12BrN3O3/c12-9-2-1-8(5-10(9)15(17)18)14-11(16)7-3-4-13-6-7/h1-2,5,7,13H,3-4,6H2,(H,14,16). The van der Waals surface area contributed by atoms with Crippen molar-refractivity contribution in [3.63, 3.8) is 0 Å². The summed E-state index contributed by atoms with van der Waals surface area (Å²) in [6.45, 7) is 1.49. The molecule has 0 aromatic heterocycles. The first kappa shape index (κ1) is 13.0. The summed E-state index contributed by atoms with van der Waals surface area (Å²) < 4.78 is 0.396. The van der Waals surface area contributed by atoms with Crippen molar-refractivity contribution in [2.75, 3.05) is 18.4 Å². The molecule has 96 valence electrons. The van der Waals surface area contributed by atoms with Crippen LogP contribution in [0.3, 0.4) is 0 Å². The lowest BCUT2D eigenvalue weighted by Gasteiger charge is -2.09. The molecule has 1 aliphatic heterocycles. The third-order valence-electron chi connectivity index (χ3n) is 2.84. The van der Waals surface area contributed by atoms with E-state index in [0.29, 0.717) is 16.7 Å². The number of anilines is 1. The highest BCUT2D eigenvalue weighted by Gasteiger charge is 2.23. The van der Waals surface area contributed by atoms with Gasteiger partial charge >= 0.3 is 0 Å². The third kappa shape index (κ3) is 2.85. The smallest absolute Gasteiger partial charge is 0.285 e. The minimum Gasteiger partial charge on any atom is -0.326 e. The van der Waals surface area contributed by atoms with E-state index in [1.54, 1.807) is 12.1 Å². The van der Waals surface area contributed by atoms with Crippen LogP contribution in [0.25, 0.3) is 0 Å². The highest BCUT2D eigenvalue weighted by atomic mass is 79.9. The summed E-state index contributed by atoms with van der Waals surface area (Å²) in [4.78, 5) is 22.1. The molecule has 0 bridgehead atoms. The largest absolute Gasteiger partial charge is 0.326 e. The van der Waals surface area contributed by atoms with Crippen LogP contribution < -0.4 is 10.6 Å². The normalized spacial score (nSPS) is 18.6. The van der Waals surface area contributed by atoms with Crippen LogP contribution >= 0.6 is 15.9 Å². The van der Waals surface area contributed by atoms with E-state index < -0.39 is 4.92 Å². The number of carbonyl (C=O) groups is 1. The summed E-state index contributed by atoms with van der Waals surface area (Å²) in [6.07, 6.45) is 0.796. The van der Waals surface area contributed by atoms with Crippen LogP contribution in [-0.4, -0.2) is 23.9 Å². The van der Waals surface area contributed by atoms with Crippen molar-refractivity contribution >= 4 is 33.2 Å². The van der Waals surface area contributed by atoms with Gasteiger partial charge in [0.15, 0.2) is 0 Å². The van der Waals surface area contributed by atoms with Gasteiger partial charge < -0.3 is 10.6 Å². The molecule has 2 rings (SSSR count). The molecule has 2 N–H and O–H groups in total. The zero-order valence-electron chi connectivity index (χ0n) is 9.48. The number of nitro groups is 1. The third-order valence-corrected chi connectivity index (χ3v) is 3.51. The van der Waals surface area contributed by atoms with Crippen molar-refractivity contribution < 1.29 is 9.72 Å². The molecular formula is C11H12BrN3O3. The second-order valence-electron chi connectivity index (χ2n) is 4.10. The first-order valence-electron chi connectivity index (χ1n) is 5.53. The zero-order valence-corrected chi connectivity index (χ0v) is 11.1. The average molecular weight is 314 g/mol. The number of nitrogens with zero attached hydrogens (tertiary/aromatic N) is 1. The summed E-state index contributed by atoms with van der Waals surface area (Å²) in [6, 6.07) is 4.54. The Kier molecular flexibility index (Phi) is 3.93. The molecule has 0 spiro atoms. The van der Waals surface area contributed by atoms with Gasteiger partial charge in [0.25, 0.3) is 5.69 Å². The van der Waals surface area contributed by atoms with Crippen molar-refractivity contribution in [1.82, 2.24) is 5.32 Å². The molecule has 6 nitrogen and oxygen atoms in total. The number of hydrogen-bond acceptors (Lipinski definition) is 4. The lowest BCUT2D eigenvalue weighted by molar-refractivity contribution is -0.385. The van der Waals surface area contributed by atoms with Crippen LogP contribution in [0.1, 0.15) is 6.42 Å². The first-order valence-corrected chi connectivity index (χ1v) is 6.33. The summed E-state index contributed by atoms with van der Waals surface area (Å²) >= 11 is 3.10. The molecule has 7 heteroatoms. The first-order chi connectivity index (χ1) is 8.58. The maximum atomic E-state index is 11.8. The topological polar surface area (TPSA) is 84.3 Å². The molecular weight excluding hydrogens is 302 g/mol. The molecule has 0 saturated carbocycles. The van der Waals surface area contributed by atoms with E-state index in [4.69, 9.17) is 0 Å². The molecule has 18 heavy (non-hydrogen) atoms. The molecule has 1 aromatic carbocycles. The van der Waals surface area contributed by atoms with E-state index in [9.17, 15) is 14.9 Å². The van der Waals surface area contributed by atoms with Crippen molar-refractivity contribution in [2.45, 2.75) is 6.42 Å². The summed E-state index contributed by atoms with van der Waals surface area (Å²) in [5.74, 6) is -0.163. The monoisotopic (exact) mass is 313 g/mol. The molecule has 0 aliphatic carbocycles. The molecule has 1 aliphatic rings. The Hall–Kier alpha value is -1.47. The van der Waals surface area contributed by atoms with Crippen LogP contribution in [0.4, 0.5) is 11.4 Å². The Bertz CT molecular complexity index is 486. The SMILES string of the molecule is O=C(Nc1ccc(Br)c([N+](=O)[O-])c1)C1CCNC1. The van der Waals surface area contributed by atoms with Gasteiger partial charge in [-0.3, -0.25) is 14.9 Å². The van der Waals surface area contributed by atoms with Gasteiger partial charge in [0.05, 0.1) is 15.3 Å². The van der Waals surface area contributed by atoms with Crippen LogP contribution in [0.15, 0.2) is 22.7 Å². The van der Waals surface area contributed by atoms with Gasteiger partial charge in [-0.15, -0.1) is 0 Å². The van der Waals surface area contributed by atoms with E-state index in [0.717, 1.165) is 13.0 Å². The molecule has 1 aromatic rings. The van der Waals surface area contributed by atoms with Gasteiger partial charge in [-0.1, -0.05) is 0 Å². The Morgan fingerprint density at radius 1 is 1.56 bits per heavy atom. The Balaban J connectivity index is 2.11. The Morgan fingerprint density at radius 3 is 2.94 bits per heavy atom. The molecule has 1 saturated heterocycles. The number of amides is 1. The number of hydrogen-bond donors (Lipinski definition) is 2. The predicted molar refractivity (Wildman–Crippen MR) is 70.4 cm³/mol. The van der Waals surface area contributed by atoms with E-state index in [1.807, 2.05) is 0 Å². The summed E-state index contributed by atoms with van der Waals surface area (Å²) in [5, 5.41) is 16.6. The zero-order chi connectivity index (χ0) is 13.1. The van der Waals surface area contributed by atoms with Crippen molar-refractivity contribution in [1.29, 1.82) is 0 Å². The van der Waals surface area contributed by atoms with Crippen LogP contribution in [0, 0.1) is 16.0 Å². The van der Waals surface area contributed by atoms with Gasteiger partial charge in [-0.2, -0.15) is 0 Å². The fourth-order valence-electron chi connectivity index (χ4n) is 1.85. The van der Waals surface area contributed by atoms with E-state index in [1.165, 1.54) is 6.07 Å². The molecule has 1 atom stereocenters. The van der Waals surface area contributed by atoms with Gasteiger partial charge in [-0.25, -0.2) is 0 Å². The molecule has 1 fully saturated rings. The van der Waals surface area contributed by atoms with Crippen LogP contribution in [0.5, 0.6) is 0 Å².